The van der Waals surface area contributed by atoms with Crippen LogP contribution in [0, 0.1) is 12.8 Å². The van der Waals surface area contributed by atoms with E-state index in [9.17, 15) is 4.79 Å². The number of hydrogen-bond donors (Lipinski definition) is 1. The Bertz CT molecular complexity index is 693. The Morgan fingerprint density at radius 3 is 2.52 bits per heavy atom. The Balaban J connectivity index is 0.000000659. The first-order valence-electron chi connectivity index (χ1n) is 9.51. The van der Waals surface area contributed by atoms with E-state index in [0.717, 1.165) is 36.5 Å². The number of hydrogen-bond acceptors (Lipinski definition) is 5. The van der Waals surface area contributed by atoms with Crippen LogP contribution in [-0.4, -0.2) is 73.2 Å². The lowest BCUT2D eigenvalue weighted by Crippen LogP contribution is -2.42. The van der Waals surface area contributed by atoms with Gasteiger partial charge in [-0.05, 0) is 50.4 Å². The number of nitrogens with zero attached hydrogens (tertiary/aromatic N) is 2. The van der Waals surface area contributed by atoms with Gasteiger partial charge in [-0.1, -0.05) is 6.42 Å². The summed E-state index contributed by atoms with van der Waals surface area (Å²) in [6.45, 7) is 5.65. The predicted molar refractivity (Wildman–Crippen MR) is 101 cm³/mol. The van der Waals surface area contributed by atoms with Crippen molar-refractivity contribution in [3.05, 3.63) is 23.3 Å². The molecule has 4 rings (SSSR count). The van der Waals surface area contributed by atoms with Gasteiger partial charge < -0.3 is 24.4 Å². The van der Waals surface area contributed by atoms with Crippen molar-refractivity contribution >= 4 is 12.4 Å². The van der Waals surface area contributed by atoms with Gasteiger partial charge in [0, 0.05) is 31.2 Å². The summed E-state index contributed by atoms with van der Waals surface area (Å²) in [4.78, 5) is 26.1. The lowest BCUT2D eigenvalue weighted by Gasteiger charge is -2.30. The van der Waals surface area contributed by atoms with Crippen molar-refractivity contribution in [2.24, 2.45) is 5.92 Å². The highest BCUT2D eigenvalue weighted by atomic mass is 16.6. The Morgan fingerprint density at radius 1 is 1.15 bits per heavy atom. The molecule has 1 amide bonds. The smallest absolute Gasteiger partial charge is 0.290 e. The van der Waals surface area contributed by atoms with Crippen LogP contribution in [0.2, 0.25) is 0 Å². The molecule has 0 saturated carbocycles. The molecule has 1 aromatic carbocycles. The lowest BCUT2D eigenvalue weighted by molar-refractivity contribution is -0.122. The van der Waals surface area contributed by atoms with E-state index in [-0.39, 0.29) is 12.4 Å². The first-order chi connectivity index (χ1) is 13.0. The average Bonchev–Trinajstić information content (AvgIpc) is 2.89. The number of carbonyl (C=O) groups is 2. The largest absolute Gasteiger partial charge is 0.486 e. The van der Waals surface area contributed by atoms with Gasteiger partial charge in [0.25, 0.3) is 12.4 Å². The standard InChI is InChI=1S/C19H26N2O3.CH2O2/c1-13-8-17-18(24-7-6-23-17)9-16(13)19(22)21-11-14-4-3-5-15(12-21)20(2)10-14;2-1-3/h8-9,14-15H,3-7,10-12H2,1-2H3;1H,(H,2,3)/t14-,15-;/m0./s1. The molecule has 2 saturated heterocycles. The highest BCUT2D eigenvalue weighted by Gasteiger charge is 2.33. The number of carbonyl (C=O) groups excluding carboxylic acids is 1. The molecule has 7 heteroatoms. The first kappa shape index (κ1) is 19.5. The second kappa shape index (κ2) is 8.61. The molecule has 1 N–H and O–H groups in total. The summed E-state index contributed by atoms with van der Waals surface area (Å²) in [7, 11) is 2.20. The summed E-state index contributed by atoms with van der Waals surface area (Å²) < 4.78 is 11.3. The van der Waals surface area contributed by atoms with Crippen molar-refractivity contribution in [2.75, 3.05) is 39.9 Å². The number of likely N-dealkylation sites (tertiary alicyclic amines) is 1. The van der Waals surface area contributed by atoms with Gasteiger partial charge in [-0.3, -0.25) is 9.59 Å². The SMILES string of the molecule is Cc1cc2c(cc1C(=O)N1C[C@H]3CCC[C@@H](C1)N(C)C3)OCCO2.O=CO. The van der Waals surface area contributed by atoms with E-state index >= 15 is 0 Å². The second-order valence-corrected chi connectivity index (χ2v) is 7.52. The summed E-state index contributed by atoms with van der Waals surface area (Å²) in [5.41, 5.74) is 1.72. The van der Waals surface area contributed by atoms with Gasteiger partial charge in [0.1, 0.15) is 13.2 Å². The van der Waals surface area contributed by atoms with Crippen molar-refractivity contribution in [1.29, 1.82) is 0 Å². The number of fused-ring (bicyclic) bond motifs is 4. The molecule has 0 aromatic heterocycles. The van der Waals surface area contributed by atoms with Crippen LogP contribution in [0.25, 0.3) is 0 Å². The van der Waals surface area contributed by atoms with Crippen LogP contribution in [0.15, 0.2) is 12.1 Å². The molecule has 148 valence electrons. The van der Waals surface area contributed by atoms with E-state index in [2.05, 4.69) is 16.8 Å². The Hall–Kier alpha value is -2.28. The molecule has 1 aromatic rings. The molecule has 27 heavy (non-hydrogen) atoms. The molecular weight excluding hydrogens is 348 g/mol. The van der Waals surface area contributed by atoms with Gasteiger partial charge in [0.2, 0.25) is 0 Å². The van der Waals surface area contributed by atoms with Crippen molar-refractivity contribution in [2.45, 2.75) is 32.2 Å². The maximum Gasteiger partial charge on any atom is 0.290 e. The third-order valence-corrected chi connectivity index (χ3v) is 5.64. The van der Waals surface area contributed by atoms with E-state index in [1.807, 2.05) is 19.1 Å². The highest BCUT2D eigenvalue weighted by Crippen LogP contribution is 2.34. The number of benzene rings is 1. The van der Waals surface area contributed by atoms with Gasteiger partial charge in [-0.2, -0.15) is 0 Å². The summed E-state index contributed by atoms with van der Waals surface area (Å²) in [6, 6.07) is 4.29. The summed E-state index contributed by atoms with van der Waals surface area (Å²) in [5, 5.41) is 6.89. The van der Waals surface area contributed by atoms with E-state index in [0.29, 0.717) is 30.9 Å². The zero-order valence-corrected chi connectivity index (χ0v) is 16.0. The molecule has 0 spiro atoms. The second-order valence-electron chi connectivity index (χ2n) is 7.52. The zero-order valence-electron chi connectivity index (χ0n) is 16.0. The fourth-order valence-corrected chi connectivity index (χ4v) is 4.29. The van der Waals surface area contributed by atoms with E-state index in [1.54, 1.807) is 0 Å². The van der Waals surface area contributed by atoms with Crippen LogP contribution >= 0.6 is 0 Å². The Kier molecular flexibility index (Phi) is 6.21. The average molecular weight is 376 g/mol. The van der Waals surface area contributed by atoms with Gasteiger partial charge in [-0.15, -0.1) is 0 Å². The molecule has 0 radical (unpaired) electrons. The van der Waals surface area contributed by atoms with Crippen LogP contribution in [0.3, 0.4) is 0 Å². The van der Waals surface area contributed by atoms with Gasteiger partial charge in [0.15, 0.2) is 11.5 Å². The molecule has 3 aliphatic rings. The van der Waals surface area contributed by atoms with E-state index in [4.69, 9.17) is 19.4 Å². The zero-order chi connectivity index (χ0) is 19.4. The molecule has 0 aliphatic carbocycles. The van der Waals surface area contributed by atoms with Gasteiger partial charge >= 0.3 is 0 Å². The van der Waals surface area contributed by atoms with Crippen molar-refractivity contribution < 1.29 is 24.2 Å². The molecule has 7 nitrogen and oxygen atoms in total. The summed E-state index contributed by atoms with van der Waals surface area (Å²) >= 11 is 0. The minimum atomic E-state index is -0.250. The number of amides is 1. The molecule has 3 aliphatic heterocycles. The maximum atomic E-state index is 13.2. The first-order valence-corrected chi connectivity index (χ1v) is 9.51. The van der Waals surface area contributed by atoms with Crippen LogP contribution < -0.4 is 9.47 Å². The van der Waals surface area contributed by atoms with Crippen LogP contribution in [0.4, 0.5) is 0 Å². The Morgan fingerprint density at radius 2 is 1.81 bits per heavy atom. The molecule has 3 heterocycles. The van der Waals surface area contributed by atoms with Gasteiger partial charge in [0.05, 0.1) is 0 Å². The Labute approximate surface area is 159 Å². The monoisotopic (exact) mass is 376 g/mol. The number of aryl methyl sites for hydroxylation is 1. The molecule has 2 fully saturated rings. The normalized spacial score (nSPS) is 24.3. The molecule has 2 atom stereocenters. The molecule has 0 unspecified atom stereocenters. The molecule has 2 bridgehead atoms. The van der Waals surface area contributed by atoms with Crippen LogP contribution in [0.1, 0.15) is 35.2 Å². The fraction of sp³-hybridized carbons (Fsp3) is 0.600. The number of carboxylic acid groups (broad SMARTS) is 1. The third kappa shape index (κ3) is 4.35. The van der Waals surface area contributed by atoms with E-state index in [1.165, 1.54) is 19.3 Å². The minimum Gasteiger partial charge on any atom is -0.486 e. The topological polar surface area (TPSA) is 79.3 Å². The number of ether oxygens (including phenoxy) is 2. The highest BCUT2D eigenvalue weighted by molar-refractivity contribution is 5.96. The molecular formula is C20H28N2O5. The quantitative estimate of drug-likeness (QED) is 0.756. The number of likely N-dealkylation sites (N-methyl/N-ethyl adjacent to an activating group) is 1. The van der Waals surface area contributed by atoms with Crippen molar-refractivity contribution in [3.8, 4) is 11.5 Å². The summed E-state index contributed by atoms with van der Waals surface area (Å²) in [6.07, 6.45) is 3.70. The van der Waals surface area contributed by atoms with Crippen LogP contribution in [-0.2, 0) is 4.79 Å². The fourth-order valence-electron chi connectivity index (χ4n) is 4.29. The van der Waals surface area contributed by atoms with Crippen molar-refractivity contribution in [1.82, 2.24) is 9.80 Å². The number of rotatable bonds is 1. The lowest BCUT2D eigenvalue weighted by atomic mass is 9.98. The maximum absolute atomic E-state index is 13.2. The van der Waals surface area contributed by atoms with E-state index < -0.39 is 0 Å². The minimum absolute atomic E-state index is 0.136. The third-order valence-electron chi connectivity index (χ3n) is 5.64. The summed E-state index contributed by atoms with van der Waals surface area (Å²) in [5.74, 6) is 2.17. The predicted octanol–water partition coefficient (Wildman–Crippen LogP) is 2.02. The van der Waals surface area contributed by atoms with Crippen molar-refractivity contribution in [3.63, 3.8) is 0 Å². The van der Waals surface area contributed by atoms with Crippen LogP contribution in [0.5, 0.6) is 11.5 Å². The van der Waals surface area contributed by atoms with Gasteiger partial charge in [-0.25, -0.2) is 0 Å².